The average Bonchev–Trinajstić information content (AvgIpc) is 3.31. The standard InChI is InChI=1S/C19H24F2N2O.ClH/c20-16-6-2-5-13(17(16)21)14-9-15(14)19(24)23-18-10-3-1-4-11(18)8-12(22)7-10;/h2,5-6,10-12,14-15,18H,1,3-4,7-9,22H2,(H,23,24);1H. The summed E-state index contributed by atoms with van der Waals surface area (Å²) in [5.41, 5.74) is 6.46. The van der Waals surface area contributed by atoms with Crippen LogP contribution in [0.4, 0.5) is 8.78 Å². The lowest BCUT2D eigenvalue weighted by molar-refractivity contribution is -0.124. The first kappa shape index (κ1) is 18.6. The summed E-state index contributed by atoms with van der Waals surface area (Å²) < 4.78 is 27.3. The molecule has 0 aromatic heterocycles. The lowest BCUT2D eigenvalue weighted by Gasteiger charge is -2.45. The number of benzene rings is 1. The third-order valence-electron chi connectivity index (χ3n) is 6.19. The van der Waals surface area contributed by atoms with Gasteiger partial charge in [0.1, 0.15) is 0 Å². The quantitative estimate of drug-likeness (QED) is 0.855. The van der Waals surface area contributed by atoms with Crippen LogP contribution >= 0.6 is 12.4 Å². The molecule has 2 bridgehead atoms. The number of nitrogens with one attached hydrogen (secondary N) is 1. The molecule has 4 rings (SSSR count). The average molecular weight is 371 g/mol. The summed E-state index contributed by atoms with van der Waals surface area (Å²) in [6.45, 7) is 0. The van der Waals surface area contributed by atoms with Crippen molar-refractivity contribution >= 4 is 18.3 Å². The van der Waals surface area contributed by atoms with E-state index in [0.717, 1.165) is 31.7 Å². The van der Waals surface area contributed by atoms with Crippen molar-refractivity contribution in [3.05, 3.63) is 35.4 Å². The summed E-state index contributed by atoms with van der Waals surface area (Å²) in [5.74, 6) is -1.11. The Labute approximate surface area is 153 Å². The molecule has 1 aromatic carbocycles. The largest absolute Gasteiger partial charge is 0.353 e. The highest BCUT2D eigenvalue weighted by atomic mass is 35.5. The molecule has 1 amide bonds. The van der Waals surface area contributed by atoms with E-state index in [4.69, 9.17) is 5.73 Å². The second-order valence-electron chi connectivity index (χ2n) is 7.81. The first-order valence-corrected chi connectivity index (χ1v) is 9.04. The topological polar surface area (TPSA) is 55.1 Å². The molecular formula is C19H25ClF2N2O. The molecule has 4 atom stereocenters. The van der Waals surface area contributed by atoms with Gasteiger partial charge in [-0.3, -0.25) is 4.79 Å². The van der Waals surface area contributed by atoms with Crippen LogP contribution in [-0.4, -0.2) is 18.0 Å². The Balaban J connectivity index is 0.00000182. The Morgan fingerprint density at radius 1 is 1.12 bits per heavy atom. The van der Waals surface area contributed by atoms with Crippen LogP contribution in [0.1, 0.15) is 50.0 Å². The van der Waals surface area contributed by atoms with Gasteiger partial charge >= 0.3 is 0 Å². The highest BCUT2D eigenvalue weighted by molar-refractivity contribution is 5.85. The monoisotopic (exact) mass is 370 g/mol. The number of nitrogens with two attached hydrogens (primary N) is 1. The van der Waals surface area contributed by atoms with E-state index in [1.165, 1.54) is 12.5 Å². The van der Waals surface area contributed by atoms with Gasteiger partial charge in [0.25, 0.3) is 0 Å². The van der Waals surface area contributed by atoms with Gasteiger partial charge in [-0.1, -0.05) is 18.6 Å². The van der Waals surface area contributed by atoms with Crippen molar-refractivity contribution in [1.29, 1.82) is 0 Å². The zero-order valence-electron chi connectivity index (χ0n) is 14.1. The minimum Gasteiger partial charge on any atom is -0.353 e. The molecule has 3 aliphatic carbocycles. The molecule has 1 aromatic rings. The molecule has 0 spiro atoms. The smallest absolute Gasteiger partial charge is 0.223 e. The maximum atomic E-state index is 13.9. The molecular weight excluding hydrogens is 346 g/mol. The molecule has 4 unspecified atom stereocenters. The highest BCUT2D eigenvalue weighted by Crippen LogP contribution is 2.49. The van der Waals surface area contributed by atoms with Crippen LogP contribution in [0.5, 0.6) is 0 Å². The fourth-order valence-corrected chi connectivity index (χ4v) is 4.93. The van der Waals surface area contributed by atoms with E-state index in [-0.39, 0.29) is 42.2 Å². The minimum absolute atomic E-state index is 0. The maximum absolute atomic E-state index is 13.9. The number of fused-ring (bicyclic) bond motifs is 2. The number of halogens is 3. The molecule has 3 saturated carbocycles. The molecule has 25 heavy (non-hydrogen) atoms. The van der Waals surface area contributed by atoms with E-state index in [9.17, 15) is 13.6 Å². The second kappa shape index (κ2) is 7.20. The van der Waals surface area contributed by atoms with Gasteiger partial charge < -0.3 is 11.1 Å². The van der Waals surface area contributed by atoms with Crippen LogP contribution in [0.2, 0.25) is 0 Å². The van der Waals surface area contributed by atoms with Crippen molar-refractivity contribution < 1.29 is 13.6 Å². The fourth-order valence-electron chi connectivity index (χ4n) is 4.93. The van der Waals surface area contributed by atoms with Crippen LogP contribution in [-0.2, 0) is 4.79 Å². The lowest BCUT2D eigenvalue weighted by atomic mass is 9.67. The zero-order valence-corrected chi connectivity index (χ0v) is 14.9. The summed E-state index contributed by atoms with van der Waals surface area (Å²) in [7, 11) is 0. The van der Waals surface area contributed by atoms with Crippen LogP contribution in [0.15, 0.2) is 18.2 Å². The van der Waals surface area contributed by atoms with Crippen molar-refractivity contribution in [1.82, 2.24) is 5.32 Å². The lowest BCUT2D eigenvalue weighted by Crippen LogP contribution is -2.54. The molecule has 3 fully saturated rings. The highest BCUT2D eigenvalue weighted by Gasteiger charge is 2.48. The van der Waals surface area contributed by atoms with Gasteiger partial charge in [0, 0.05) is 18.0 Å². The number of rotatable bonds is 3. The summed E-state index contributed by atoms with van der Waals surface area (Å²) >= 11 is 0. The molecule has 0 aliphatic heterocycles. The molecule has 0 heterocycles. The SMILES string of the molecule is Cl.NC1CC2CCCC(C1)C2NC(=O)C1CC1c1cccc(F)c1F. The van der Waals surface area contributed by atoms with Crippen LogP contribution in [0, 0.1) is 29.4 Å². The zero-order chi connectivity index (χ0) is 16.8. The molecule has 6 heteroatoms. The number of carbonyl (C=O) groups is 1. The van der Waals surface area contributed by atoms with E-state index in [2.05, 4.69) is 5.32 Å². The van der Waals surface area contributed by atoms with Gasteiger partial charge in [-0.15, -0.1) is 12.4 Å². The van der Waals surface area contributed by atoms with Gasteiger partial charge in [-0.05, 0) is 61.5 Å². The predicted octanol–water partition coefficient (Wildman–Crippen LogP) is 3.51. The van der Waals surface area contributed by atoms with Crippen molar-refractivity contribution in [2.75, 3.05) is 0 Å². The third kappa shape index (κ3) is 3.54. The van der Waals surface area contributed by atoms with Gasteiger partial charge in [-0.2, -0.15) is 0 Å². The van der Waals surface area contributed by atoms with Gasteiger partial charge in [-0.25, -0.2) is 8.78 Å². The molecule has 0 saturated heterocycles. The Morgan fingerprint density at radius 2 is 1.80 bits per heavy atom. The first-order valence-electron chi connectivity index (χ1n) is 9.04. The van der Waals surface area contributed by atoms with Crippen LogP contribution < -0.4 is 11.1 Å². The van der Waals surface area contributed by atoms with Gasteiger partial charge in [0.2, 0.25) is 5.91 Å². The summed E-state index contributed by atoms with van der Waals surface area (Å²) in [6.07, 6.45) is 6.04. The van der Waals surface area contributed by atoms with E-state index >= 15 is 0 Å². The van der Waals surface area contributed by atoms with Gasteiger partial charge in [0.15, 0.2) is 11.6 Å². The normalized spacial score (nSPS) is 36.3. The molecule has 3 nitrogen and oxygen atoms in total. The summed E-state index contributed by atoms with van der Waals surface area (Å²) in [5, 5.41) is 3.23. The Hall–Kier alpha value is -1.20. The Kier molecular flexibility index (Phi) is 5.35. The minimum atomic E-state index is -0.839. The molecule has 3 N–H and O–H groups in total. The van der Waals surface area contributed by atoms with Crippen molar-refractivity contribution in [2.24, 2.45) is 23.5 Å². The van der Waals surface area contributed by atoms with Crippen LogP contribution in [0.3, 0.4) is 0 Å². The van der Waals surface area contributed by atoms with Crippen molar-refractivity contribution in [2.45, 2.75) is 56.5 Å². The molecule has 3 aliphatic rings. The molecule has 0 radical (unpaired) electrons. The third-order valence-corrected chi connectivity index (χ3v) is 6.19. The second-order valence-corrected chi connectivity index (χ2v) is 7.81. The van der Waals surface area contributed by atoms with Crippen molar-refractivity contribution in [3.63, 3.8) is 0 Å². The number of hydrogen-bond donors (Lipinski definition) is 2. The van der Waals surface area contributed by atoms with E-state index < -0.39 is 11.6 Å². The first-order chi connectivity index (χ1) is 11.5. The van der Waals surface area contributed by atoms with E-state index in [0.29, 0.717) is 23.8 Å². The van der Waals surface area contributed by atoms with E-state index in [1.807, 2.05) is 0 Å². The van der Waals surface area contributed by atoms with E-state index in [1.54, 1.807) is 6.07 Å². The summed E-state index contributed by atoms with van der Waals surface area (Å²) in [6, 6.07) is 4.68. The summed E-state index contributed by atoms with van der Waals surface area (Å²) in [4.78, 5) is 12.6. The number of hydrogen-bond acceptors (Lipinski definition) is 2. The number of carbonyl (C=O) groups excluding carboxylic acids is 1. The Bertz CT molecular complexity index is 642. The predicted molar refractivity (Wildman–Crippen MR) is 94.4 cm³/mol. The molecule has 138 valence electrons. The fraction of sp³-hybridized carbons (Fsp3) is 0.632. The Morgan fingerprint density at radius 3 is 2.48 bits per heavy atom. The van der Waals surface area contributed by atoms with Crippen LogP contribution in [0.25, 0.3) is 0 Å². The van der Waals surface area contributed by atoms with Crippen molar-refractivity contribution in [3.8, 4) is 0 Å². The maximum Gasteiger partial charge on any atom is 0.223 e. The number of amides is 1. The van der Waals surface area contributed by atoms with Gasteiger partial charge in [0.05, 0.1) is 0 Å².